The first-order chi connectivity index (χ1) is 13.3. The Morgan fingerprint density at radius 2 is 1.33 bits per heavy atom. The Hall–Kier alpha value is -3.67. The monoisotopic (exact) mass is 360 g/mol. The molecule has 0 aliphatic heterocycles. The zero-order chi connectivity index (χ0) is 18.9. The summed E-state index contributed by atoms with van der Waals surface area (Å²) >= 11 is 0. The lowest BCUT2D eigenvalue weighted by Gasteiger charge is -2.05. The molecule has 6 heteroatoms. The van der Waals surface area contributed by atoms with E-state index < -0.39 is 0 Å². The van der Waals surface area contributed by atoms with Crippen molar-refractivity contribution in [3.05, 3.63) is 84.4 Å². The molecule has 0 aliphatic rings. The molecule has 3 aromatic carbocycles. The predicted octanol–water partition coefficient (Wildman–Crippen LogP) is 5.26. The highest BCUT2D eigenvalue weighted by Gasteiger charge is 2.04. The maximum Gasteiger partial charge on any atom is 0.201 e. The van der Waals surface area contributed by atoms with Gasteiger partial charge >= 0.3 is 0 Å². The molecule has 0 fully saturated rings. The molecule has 0 bridgehead atoms. The van der Waals surface area contributed by atoms with Crippen molar-refractivity contribution < 1.29 is 9.47 Å². The molecule has 0 atom stereocenters. The van der Waals surface area contributed by atoms with Crippen LogP contribution in [0.4, 0.5) is 11.4 Å². The van der Waals surface area contributed by atoms with Gasteiger partial charge in [0, 0.05) is 5.56 Å². The first kappa shape index (κ1) is 18.1. The minimum atomic E-state index is 0.456. The van der Waals surface area contributed by atoms with Crippen molar-refractivity contribution >= 4 is 17.2 Å². The van der Waals surface area contributed by atoms with Crippen LogP contribution in [0.2, 0.25) is 0 Å². The smallest absolute Gasteiger partial charge is 0.201 e. The second-order valence-electron chi connectivity index (χ2n) is 5.54. The maximum atomic E-state index is 5.21. The predicted molar refractivity (Wildman–Crippen MR) is 107 cm³/mol. The number of benzene rings is 3. The zero-order valence-electron chi connectivity index (χ0n) is 15.2. The van der Waals surface area contributed by atoms with Crippen LogP contribution in [0.5, 0.6) is 11.5 Å². The van der Waals surface area contributed by atoms with Gasteiger partial charge in [0.05, 0.1) is 25.6 Å². The van der Waals surface area contributed by atoms with Gasteiger partial charge in [-0.1, -0.05) is 18.2 Å². The molecule has 0 saturated carbocycles. The summed E-state index contributed by atoms with van der Waals surface area (Å²) in [6.07, 6.45) is 0. The Morgan fingerprint density at radius 3 is 1.93 bits per heavy atom. The van der Waals surface area contributed by atoms with E-state index in [9.17, 15) is 0 Å². The molecule has 0 unspecified atom stereocenters. The molecule has 3 aromatic rings. The van der Waals surface area contributed by atoms with Gasteiger partial charge in [-0.3, -0.25) is 5.43 Å². The molecule has 0 amide bonds. The highest BCUT2D eigenvalue weighted by Crippen LogP contribution is 2.19. The van der Waals surface area contributed by atoms with Gasteiger partial charge < -0.3 is 9.47 Å². The first-order valence-corrected chi connectivity index (χ1v) is 8.37. The van der Waals surface area contributed by atoms with Crippen LogP contribution in [-0.4, -0.2) is 20.1 Å². The molecule has 0 heterocycles. The average molecular weight is 360 g/mol. The molecule has 6 nitrogen and oxygen atoms in total. The summed E-state index contributed by atoms with van der Waals surface area (Å²) in [6, 6.07) is 24.5. The second kappa shape index (κ2) is 9.15. The molecule has 27 heavy (non-hydrogen) atoms. The third kappa shape index (κ3) is 5.15. The van der Waals surface area contributed by atoms with Crippen LogP contribution in [0, 0.1) is 0 Å². The molecular formula is C21H20N4O2. The van der Waals surface area contributed by atoms with E-state index in [1.54, 1.807) is 14.2 Å². The standard InChI is InChI=1S/C21H20N4O2/c1-26-19-12-8-16(9-13-19)21(24-22-17-6-4-3-5-7-17)25-23-18-10-14-20(27-2)15-11-18/h3-15,22H,1-2H3/b24-21+,25-23?. The zero-order valence-corrected chi connectivity index (χ0v) is 15.2. The Balaban J connectivity index is 1.86. The second-order valence-corrected chi connectivity index (χ2v) is 5.54. The SMILES string of the molecule is COc1ccc(N=N/C(=N/Nc2ccccc2)c2ccc(OC)cc2)cc1. The van der Waals surface area contributed by atoms with Crippen LogP contribution in [0.15, 0.2) is 94.2 Å². The number of azo groups is 1. The fraction of sp³-hybridized carbons (Fsp3) is 0.0952. The number of rotatable bonds is 6. The van der Waals surface area contributed by atoms with Gasteiger partial charge in [-0.2, -0.15) is 5.10 Å². The number of ether oxygens (including phenoxy) is 2. The lowest BCUT2D eigenvalue weighted by atomic mass is 10.2. The molecule has 0 radical (unpaired) electrons. The fourth-order valence-corrected chi connectivity index (χ4v) is 2.27. The van der Waals surface area contributed by atoms with Gasteiger partial charge in [0.2, 0.25) is 5.84 Å². The van der Waals surface area contributed by atoms with E-state index in [1.807, 2.05) is 78.9 Å². The number of methoxy groups -OCH3 is 2. The van der Waals surface area contributed by atoms with Gasteiger partial charge in [0.25, 0.3) is 0 Å². The number of anilines is 1. The van der Waals surface area contributed by atoms with E-state index in [0.29, 0.717) is 11.5 Å². The average Bonchev–Trinajstić information content (AvgIpc) is 2.75. The largest absolute Gasteiger partial charge is 0.497 e. The van der Waals surface area contributed by atoms with Crippen LogP contribution in [0.1, 0.15) is 5.56 Å². The normalized spacial score (nSPS) is 11.4. The van der Waals surface area contributed by atoms with Crippen LogP contribution in [-0.2, 0) is 0 Å². The van der Waals surface area contributed by atoms with E-state index in [4.69, 9.17) is 9.47 Å². The van der Waals surface area contributed by atoms with Crippen LogP contribution < -0.4 is 14.9 Å². The topological polar surface area (TPSA) is 67.6 Å². The minimum Gasteiger partial charge on any atom is -0.497 e. The number of hydrogen-bond acceptors (Lipinski definition) is 5. The molecule has 0 aromatic heterocycles. The van der Waals surface area contributed by atoms with Crippen molar-refractivity contribution in [2.75, 3.05) is 19.6 Å². The Labute approximate surface area is 158 Å². The van der Waals surface area contributed by atoms with E-state index in [1.165, 1.54) is 0 Å². The molecule has 3 rings (SSSR count). The van der Waals surface area contributed by atoms with Crippen molar-refractivity contribution in [2.45, 2.75) is 0 Å². The van der Waals surface area contributed by atoms with Crippen molar-refractivity contribution in [3.8, 4) is 11.5 Å². The van der Waals surface area contributed by atoms with E-state index >= 15 is 0 Å². The summed E-state index contributed by atoms with van der Waals surface area (Å²) in [4.78, 5) is 0. The molecule has 1 N–H and O–H groups in total. The number of para-hydroxylation sites is 1. The summed E-state index contributed by atoms with van der Waals surface area (Å²) in [5.41, 5.74) is 5.39. The van der Waals surface area contributed by atoms with E-state index in [-0.39, 0.29) is 0 Å². The van der Waals surface area contributed by atoms with Gasteiger partial charge in [-0.05, 0) is 60.7 Å². The van der Waals surface area contributed by atoms with Gasteiger partial charge in [-0.25, -0.2) is 0 Å². The molecule has 136 valence electrons. The third-order valence-electron chi connectivity index (χ3n) is 3.75. The fourth-order valence-electron chi connectivity index (χ4n) is 2.27. The summed E-state index contributed by atoms with van der Waals surface area (Å²) in [5.74, 6) is 1.99. The van der Waals surface area contributed by atoms with Crippen LogP contribution in [0.25, 0.3) is 0 Å². The number of amidine groups is 1. The summed E-state index contributed by atoms with van der Waals surface area (Å²) in [7, 11) is 3.25. The van der Waals surface area contributed by atoms with Gasteiger partial charge in [0.15, 0.2) is 0 Å². The van der Waals surface area contributed by atoms with Crippen molar-refractivity contribution in [1.82, 2.24) is 0 Å². The summed E-state index contributed by atoms with van der Waals surface area (Å²) in [6.45, 7) is 0. The highest BCUT2D eigenvalue weighted by atomic mass is 16.5. The molecular weight excluding hydrogens is 340 g/mol. The van der Waals surface area contributed by atoms with E-state index in [0.717, 1.165) is 22.7 Å². The lowest BCUT2D eigenvalue weighted by Crippen LogP contribution is -2.01. The third-order valence-corrected chi connectivity index (χ3v) is 3.75. The molecule has 0 spiro atoms. The number of nitrogens with one attached hydrogen (secondary N) is 1. The lowest BCUT2D eigenvalue weighted by molar-refractivity contribution is 0.414. The van der Waals surface area contributed by atoms with Crippen molar-refractivity contribution in [2.24, 2.45) is 15.3 Å². The Bertz CT molecular complexity index is 905. The highest BCUT2D eigenvalue weighted by molar-refractivity contribution is 5.99. The first-order valence-electron chi connectivity index (χ1n) is 8.37. The quantitative estimate of drug-likeness (QED) is 0.282. The summed E-state index contributed by atoms with van der Waals surface area (Å²) in [5, 5.41) is 13.0. The Morgan fingerprint density at radius 1 is 0.741 bits per heavy atom. The van der Waals surface area contributed by atoms with Gasteiger partial charge in [0.1, 0.15) is 11.5 Å². The maximum absolute atomic E-state index is 5.21. The Kier molecular flexibility index (Phi) is 6.14. The number of hydrazone groups is 1. The van der Waals surface area contributed by atoms with Gasteiger partial charge in [-0.15, -0.1) is 10.2 Å². The number of nitrogens with zero attached hydrogens (tertiary/aromatic N) is 3. The molecule has 0 saturated heterocycles. The van der Waals surface area contributed by atoms with Crippen LogP contribution >= 0.6 is 0 Å². The number of hydrogen-bond donors (Lipinski definition) is 1. The molecule has 0 aliphatic carbocycles. The van der Waals surface area contributed by atoms with Crippen LogP contribution in [0.3, 0.4) is 0 Å². The van der Waals surface area contributed by atoms with Crippen molar-refractivity contribution in [1.29, 1.82) is 0 Å². The van der Waals surface area contributed by atoms with E-state index in [2.05, 4.69) is 20.8 Å². The van der Waals surface area contributed by atoms with Crippen molar-refractivity contribution in [3.63, 3.8) is 0 Å². The minimum absolute atomic E-state index is 0.456. The summed E-state index contributed by atoms with van der Waals surface area (Å²) < 4.78 is 10.4.